The van der Waals surface area contributed by atoms with Gasteiger partial charge in [-0.15, -0.1) is 0 Å². The first-order chi connectivity index (χ1) is 25.9. The van der Waals surface area contributed by atoms with Gasteiger partial charge in [0.05, 0.1) is 29.1 Å². The summed E-state index contributed by atoms with van der Waals surface area (Å²) in [4.78, 5) is 63.0. The van der Waals surface area contributed by atoms with Crippen LogP contribution in [-0.4, -0.2) is 97.6 Å². The lowest BCUT2D eigenvalue weighted by molar-refractivity contribution is -0.387. The lowest BCUT2D eigenvalue weighted by atomic mass is 10.0. The van der Waals surface area contributed by atoms with Crippen molar-refractivity contribution in [2.45, 2.75) is 151 Å². The molecule has 4 N–H and O–H groups in total. The summed E-state index contributed by atoms with van der Waals surface area (Å²) in [6.07, 6.45) is 4.63. The number of nitrogens with two attached hydrogens (primary N) is 1. The minimum absolute atomic E-state index is 0.0401. The summed E-state index contributed by atoms with van der Waals surface area (Å²) in [7, 11) is 1.57. The zero-order valence-corrected chi connectivity index (χ0v) is 36.3. The molecule has 56 heavy (non-hydrogen) atoms. The van der Waals surface area contributed by atoms with Crippen LogP contribution < -0.4 is 21.5 Å². The molecule has 0 unspecified atom stereocenters. The van der Waals surface area contributed by atoms with Crippen molar-refractivity contribution in [3.05, 3.63) is 56.0 Å². The Labute approximate surface area is 333 Å². The van der Waals surface area contributed by atoms with E-state index in [2.05, 4.69) is 73.4 Å². The maximum absolute atomic E-state index is 11.7. The van der Waals surface area contributed by atoms with Crippen LogP contribution in [0.5, 0.6) is 6.01 Å². The molecule has 0 aromatic carbocycles. The van der Waals surface area contributed by atoms with Crippen LogP contribution in [-0.2, 0) is 9.53 Å². The molecule has 2 amide bonds. The molecule has 2 aromatic rings. The second-order valence-corrected chi connectivity index (χ2v) is 16.3. The summed E-state index contributed by atoms with van der Waals surface area (Å²) < 4.78 is 10.4. The highest BCUT2D eigenvalue weighted by atomic mass is 16.6. The van der Waals surface area contributed by atoms with Crippen LogP contribution in [0.4, 0.5) is 16.2 Å². The van der Waals surface area contributed by atoms with Crippen molar-refractivity contribution < 1.29 is 24.0 Å². The number of methoxy groups -OCH3 is 1. The predicted molar refractivity (Wildman–Crippen MR) is 221 cm³/mol. The van der Waals surface area contributed by atoms with Crippen LogP contribution in [0.15, 0.2) is 17.4 Å². The number of nitrogen functional groups attached to an aromatic ring is 1. The Morgan fingerprint density at radius 3 is 1.91 bits per heavy atom. The number of hydrogen-bond donors (Lipinski definition) is 3. The quantitative estimate of drug-likeness (QED) is 0.147. The van der Waals surface area contributed by atoms with Crippen molar-refractivity contribution in [3.8, 4) is 6.01 Å². The number of anilines is 1. The van der Waals surface area contributed by atoms with Gasteiger partial charge < -0.3 is 35.3 Å². The number of amides is 2. The number of nitro groups is 1. The Bertz CT molecular complexity index is 1590. The average Bonchev–Trinajstić information content (AvgIpc) is 3.10. The third-order valence-electron chi connectivity index (χ3n) is 8.81. The second kappa shape index (κ2) is 22.8. The number of nitrogens with one attached hydrogen (secondary N) is 2. The zero-order chi connectivity index (χ0) is 43.1. The van der Waals surface area contributed by atoms with Crippen molar-refractivity contribution in [1.29, 1.82) is 0 Å². The Hall–Kier alpha value is -4.60. The summed E-state index contributed by atoms with van der Waals surface area (Å²) in [6.45, 7) is 32.0. The number of aromatic nitrogens is 4. The molecule has 316 valence electrons. The van der Waals surface area contributed by atoms with Crippen molar-refractivity contribution in [3.63, 3.8) is 0 Å². The lowest BCUT2D eigenvalue weighted by Gasteiger charge is -2.34. The van der Waals surface area contributed by atoms with E-state index in [0.717, 1.165) is 50.4 Å². The van der Waals surface area contributed by atoms with Gasteiger partial charge in [0.25, 0.3) is 0 Å². The van der Waals surface area contributed by atoms with Crippen LogP contribution in [0.25, 0.3) is 0 Å². The highest BCUT2D eigenvalue weighted by Gasteiger charge is 2.28. The van der Waals surface area contributed by atoms with Gasteiger partial charge in [0, 0.05) is 50.1 Å². The number of likely N-dealkylation sites (tertiary alicyclic amines) is 1. The molecule has 2 aliphatic heterocycles. The fraction of sp³-hybridized carbons (Fsp3) is 0.700. The number of carbonyl (C=O) groups excluding carboxylic acids is 2. The summed E-state index contributed by atoms with van der Waals surface area (Å²) in [6, 6.07) is 1.14. The molecule has 2 fully saturated rings. The van der Waals surface area contributed by atoms with E-state index < -0.39 is 10.6 Å². The summed E-state index contributed by atoms with van der Waals surface area (Å²) in [5.74, 6) is 0.325. The fourth-order valence-corrected chi connectivity index (χ4v) is 5.92. The number of piperidine rings is 1. The van der Waals surface area contributed by atoms with Crippen LogP contribution in [0.1, 0.15) is 156 Å². The first-order valence-corrected chi connectivity index (χ1v) is 19.6. The topological polar surface area (TPSA) is 212 Å². The first kappa shape index (κ1) is 49.4. The normalized spacial score (nSPS) is 16.9. The molecule has 2 aromatic heterocycles. The Kier molecular flexibility index (Phi) is 20.1. The largest absolute Gasteiger partial charge is 0.467 e. The molecule has 16 nitrogen and oxygen atoms in total. The molecular formula is C40H69N9O7. The Morgan fingerprint density at radius 1 is 0.946 bits per heavy atom. The number of piperazine rings is 1. The molecule has 2 saturated heterocycles. The van der Waals surface area contributed by atoms with Gasteiger partial charge in [-0.05, 0) is 71.8 Å². The van der Waals surface area contributed by atoms with Crippen molar-refractivity contribution >= 4 is 23.4 Å². The first-order valence-electron chi connectivity index (χ1n) is 19.6. The van der Waals surface area contributed by atoms with Gasteiger partial charge in [-0.25, -0.2) is 9.59 Å². The standard InChI is InChI=1S/C11H19N3O.C11H21NO2.C10H15N3O3.C8H14N2O/c1-6(2)9-8(12)10(7(3)4)14-11(13-9)15-5;1-9-7-5-6-8-12(9)10(13)14-11(2,3)4;1-5(2)7-9(13(15)16)8(6(3)4)12-10(14)11-7;1-3-8(11)10-5-4-9-7(2)6-10/h6-7H,12H2,1-5H3;9H,5-8H2,1-4H3;5-6H,1-4H3,(H,11,12,14);3,7,9H,1,4-6H2,2H3/t;9-;;7-/m.0.0/s1. The van der Waals surface area contributed by atoms with Crippen molar-refractivity contribution in [1.82, 2.24) is 35.1 Å². The molecule has 2 aliphatic rings. The zero-order valence-electron chi connectivity index (χ0n) is 36.3. The van der Waals surface area contributed by atoms with E-state index in [-0.39, 0.29) is 52.7 Å². The van der Waals surface area contributed by atoms with Crippen LogP contribution >= 0.6 is 0 Å². The summed E-state index contributed by atoms with van der Waals surface area (Å²) >= 11 is 0. The smallest absolute Gasteiger partial charge is 0.410 e. The van der Waals surface area contributed by atoms with E-state index in [1.807, 2.05) is 30.6 Å². The van der Waals surface area contributed by atoms with E-state index in [1.165, 1.54) is 12.5 Å². The van der Waals surface area contributed by atoms with Gasteiger partial charge in [-0.3, -0.25) is 14.9 Å². The number of hydrogen-bond acceptors (Lipinski definition) is 12. The third kappa shape index (κ3) is 15.9. The molecular weight excluding hydrogens is 718 g/mol. The van der Waals surface area contributed by atoms with Crippen LogP contribution in [0.3, 0.4) is 0 Å². The van der Waals surface area contributed by atoms with Gasteiger partial charge in [0.1, 0.15) is 17.0 Å². The van der Waals surface area contributed by atoms with E-state index >= 15 is 0 Å². The van der Waals surface area contributed by atoms with Gasteiger partial charge in [0.15, 0.2) is 0 Å². The number of nitrogens with zero attached hydrogens (tertiary/aromatic N) is 6. The lowest BCUT2D eigenvalue weighted by Crippen LogP contribution is -2.50. The van der Waals surface area contributed by atoms with E-state index in [9.17, 15) is 24.5 Å². The summed E-state index contributed by atoms with van der Waals surface area (Å²) in [5.41, 5.74) is 8.07. The maximum atomic E-state index is 11.7. The fourth-order valence-electron chi connectivity index (χ4n) is 5.92. The van der Waals surface area contributed by atoms with Gasteiger partial charge >= 0.3 is 23.5 Å². The second-order valence-electron chi connectivity index (χ2n) is 16.3. The Balaban J connectivity index is 0.000000376. The third-order valence-corrected chi connectivity index (χ3v) is 8.81. The van der Waals surface area contributed by atoms with Gasteiger partial charge in [-0.1, -0.05) is 62.0 Å². The average molecular weight is 788 g/mol. The van der Waals surface area contributed by atoms with E-state index in [1.54, 1.807) is 34.8 Å². The highest BCUT2D eigenvalue weighted by molar-refractivity contribution is 5.87. The molecule has 16 heteroatoms. The number of H-pyrrole nitrogens is 1. The summed E-state index contributed by atoms with van der Waals surface area (Å²) in [5, 5.41) is 14.3. The highest BCUT2D eigenvalue weighted by Crippen LogP contribution is 2.30. The molecule has 2 atom stereocenters. The number of carbonyl (C=O) groups is 2. The molecule has 0 bridgehead atoms. The van der Waals surface area contributed by atoms with E-state index in [4.69, 9.17) is 15.2 Å². The van der Waals surface area contributed by atoms with Gasteiger partial charge in [0.2, 0.25) is 5.91 Å². The number of rotatable bonds is 7. The molecule has 4 heterocycles. The monoisotopic (exact) mass is 788 g/mol. The van der Waals surface area contributed by atoms with Crippen molar-refractivity contribution in [2.75, 3.05) is 39.0 Å². The minimum Gasteiger partial charge on any atom is -0.467 e. The Morgan fingerprint density at radius 2 is 1.50 bits per heavy atom. The number of ether oxygens (including phenoxy) is 2. The molecule has 4 rings (SSSR count). The van der Waals surface area contributed by atoms with Crippen LogP contribution in [0.2, 0.25) is 0 Å². The van der Waals surface area contributed by atoms with Gasteiger partial charge in [-0.2, -0.15) is 15.0 Å². The molecule has 0 radical (unpaired) electrons. The SMILES string of the molecule is C=CC(=O)N1CCN[C@@H](C)C1.CC(C)c1nc(=O)[nH]c(C(C)C)c1[N+](=O)[O-].COc1nc(C(C)C)c(N)c(C(C)C)n1.C[C@H]1CCCCN1C(=O)OC(C)(C)C. The minimum atomic E-state index is -0.530. The van der Waals surface area contributed by atoms with E-state index in [0.29, 0.717) is 29.5 Å². The predicted octanol–water partition coefficient (Wildman–Crippen LogP) is 7.03. The molecule has 0 spiro atoms. The van der Waals surface area contributed by atoms with Crippen LogP contribution in [0, 0.1) is 10.1 Å². The molecule has 0 aliphatic carbocycles. The molecule has 0 saturated carbocycles. The number of aromatic amines is 1. The maximum Gasteiger partial charge on any atom is 0.410 e. The van der Waals surface area contributed by atoms with Crippen molar-refractivity contribution in [2.24, 2.45) is 0 Å².